The van der Waals surface area contributed by atoms with Crippen molar-refractivity contribution < 1.29 is 22.0 Å². The number of sulfonamides is 1. The van der Waals surface area contributed by atoms with E-state index >= 15 is 0 Å². The molecule has 1 aromatic heterocycles. The minimum Gasteiger partial charge on any atom is -0.345 e. The molecule has 2 heterocycles. The Balaban J connectivity index is 1.56. The highest BCUT2D eigenvalue weighted by Crippen LogP contribution is 2.25. The van der Waals surface area contributed by atoms with Crippen molar-refractivity contribution >= 4 is 15.9 Å². The van der Waals surface area contributed by atoms with Gasteiger partial charge in [0.25, 0.3) is 0 Å². The van der Waals surface area contributed by atoms with E-state index in [2.05, 4.69) is 4.98 Å². The Kier molecular flexibility index (Phi) is 6.59. The van der Waals surface area contributed by atoms with Crippen molar-refractivity contribution in [3.8, 4) is 0 Å². The van der Waals surface area contributed by atoms with Crippen molar-refractivity contribution in [3.63, 3.8) is 0 Å². The maximum atomic E-state index is 13.4. The Morgan fingerprint density at radius 2 is 1.90 bits per heavy atom. The lowest BCUT2D eigenvalue weighted by atomic mass is 9.96. The SMILES string of the molecule is CN(CCc1ccccn1)C(=O)C1CCN(S(=O)(=O)c2ccc(F)c(F)c2)CC1. The molecule has 9 heteroatoms. The fourth-order valence-corrected chi connectivity index (χ4v) is 4.86. The van der Waals surface area contributed by atoms with Crippen molar-refractivity contribution in [2.75, 3.05) is 26.7 Å². The Morgan fingerprint density at radius 3 is 2.52 bits per heavy atom. The summed E-state index contributed by atoms with van der Waals surface area (Å²) in [4.78, 5) is 18.3. The first kappa shape index (κ1) is 21.3. The smallest absolute Gasteiger partial charge is 0.243 e. The molecule has 1 saturated heterocycles. The maximum Gasteiger partial charge on any atom is 0.243 e. The monoisotopic (exact) mass is 423 g/mol. The number of likely N-dealkylation sites (N-methyl/N-ethyl adjacent to an activating group) is 1. The third-order valence-electron chi connectivity index (χ3n) is 5.14. The number of halogens is 2. The average Bonchev–Trinajstić information content (AvgIpc) is 2.74. The van der Waals surface area contributed by atoms with Gasteiger partial charge in [0.2, 0.25) is 15.9 Å². The number of hydrogen-bond donors (Lipinski definition) is 0. The van der Waals surface area contributed by atoms with Crippen LogP contribution >= 0.6 is 0 Å². The lowest BCUT2D eigenvalue weighted by Crippen LogP contribution is -2.43. The number of pyridine rings is 1. The van der Waals surface area contributed by atoms with E-state index in [4.69, 9.17) is 0 Å². The Bertz CT molecular complexity index is 962. The third kappa shape index (κ3) is 4.97. The van der Waals surface area contributed by atoms with Crippen molar-refractivity contribution in [2.45, 2.75) is 24.2 Å². The molecular formula is C20H23F2N3O3S. The summed E-state index contributed by atoms with van der Waals surface area (Å²) in [7, 11) is -2.19. The highest BCUT2D eigenvalue weighted by atomic mass is 32.2. The summed E-state index contributed by atoms with van der Waals surface area (Å²) < 4.78 is 53.0. The Morgan fingerprint density at radius 1 is 1.17 bits per heavy atom. The van der Waals surface area contributed by atoms with E-state index in [9.17, 15) is 22.0 Å². The number of hydrogen-bond acceptors (Lipinski definition) is 4. The molecule has 0 unspecified atom stereocenters. The molecule has 0 bridgehead atoms. The van der Waals surface area contributed by atoms with Gasteiger partial charge in [-0.05, 0) is 43.2 Å². The molecule has 2 aromatic rings. The minimum absolute atomic E-state index is 0.0224. The van der Waals surface area contributed by atoms with E-state index in [1.165, 1.54) is 4.31 Å². The summed E-state index contributed by atoms with van der Waals surface area (Å²) in [6.45, 7) is 0.848. The number of rotatable bonds is 6. The first-order chi connectivity index (χ1) is 13.8. The Labute approximate surface area is 169 Å². The quantitative estimate of drug-likeness (QED) is 0.716. The van der Waals surface area contributed by atoms with Crippen molar-refractivity contribution in [2.24, 2.45) is 5.92 Å². The van der Waals surface area contributed by atoms with Crippen LogP contribution in [0.4, 0.5) is 8.78 Å². The topological polar surface area (TPSA) is 70.6 Å². The standard InChI is InChI=1S/C20H23F2N3O3S/c1-24(11-9-16-4-2-3-10-23-16)20(26)15-7-12-25(13-8-15)29(27,28)17-5-6-18(21)19(22)14-17/h2-6,10,14-15H,7-9,11-13H2,1H3. The fraction of sp³-hybridized carbons (Fsp3) is 0.400. The van der Waals surface area contributed by atoms with Gasteiger partial charge in [-0.3, -0.25) is 9.78 Å². The van der Waals surface area contributed by atoms with Gasteiger partial charge in [0.15, 0.2) is 11.6 Å². The Hall–Kier alpha value is -2.39. The first-order valence-electron chi connectivity index (χ1n) is 9.39. The number of carbonyl (C=O) groups excluding carboxylic acids is 1. The van der Waals surface area contributed by atoms with E-state index in [1.54, 1.807) is 18.1 Å². The normalized spacial score (nSPS) is 16.0. The summed E-state index contributed by atoms with van der Waals surface area (Å²) in [5.41, 5.74) is 0.902. The summed E-state index contributed by atoms with van der Waals surface area (Å²) in [6.07, 6.45) is 3.12. The molecule has 6 nitrogen and oxygen atoms in total. The van der Waals surface area contributed by atoms with Crippen molar-refractivity contribution in [3.05, 3.63) is 59.9 Å². The second-order valence-corrected chi connectivity index (χ2v) is 9.02. The highest BCUT2D eigenvalue weighted by molar-refractivity contribution is 7.89. The van der Waals surface area contributed by atoms with Gasteiger partial charge >= 0.3 is 0 Å². The summed E-state index contributed by atoms with van der Waals surface area (Å²) in [6, 6.07) is 8.17. The fourth-order valence-electron chi connectivity index (χ4n) is 3.38. The van der Waals surface area contributed by atoms with E-state index in [1.807, 2.05) is 18.2 Å². The van der Waals surface area contributed by atoms with Crippen LogP contribution in [0.5, 0.6) is 0 Å². The summed E-state index contributed by atoms with van der Waals surface area (Å²) >= 11 is 0. The van der Waals surface area contributed by atoms with Gasteiger partial charge in [0.1, 0.15) is 0 Å². The predicted molar refractivity (Wildman–Crippen MR) is 103 cm³/mol. The predicted octanol–water partition coefficient (Wildman–Crippen LogP) is 2.46. The molecule has 1 aliphatic rings. The van der Waals surface area contributed by atoms with Crippen LogP contribution in [-0.2, 0) is 21.2 Å². The molecule has 0 radical (unpaired) electrons. The number of piperidine rings is 1. The van der Waals surface area contributed by atoms with E-state index in [-0.39, 0.29) is 29.8 Å². The van der Waals surface area contributed by atoms with Gasteiger partial charge in [0, 0.05) is 50.9 Å². The zero-order valence-electron chi connectivity index (χ0n) is 16.1. The molecule has 1 fully saturated rings. The summed E-state index contributed by atoms with van der Waals surface area (Å²) in [5, 5.41) is 0. The maximum absolute atomic E-state index is 13.4. The molecule has 156 valence electrons. The molecule has 29 heavy (non-hydrogen) atoms. The lowest BCUT2D eigenvalue weighted by molar-refractivity contribution is -0.135. The van der Waals surface area contributed by atoms with Gasteiger partial charge in [0.05, 0.1) is 4.90 Å². The van der Waals surface area contributed by atoms with Crippen LogP contribution in [0.3, 0.4) is 0 Å². The van der Waals surface area contributed by atoms with Crippen LogP contribution in [0.1, 0.15) is 18.5 Å². The van der Waals surface area contributed by atoms with Crippen LogP contribution < -0.4 is 0 Å². The number of aromatic nitrogens is 1. The molecule has 0 spiro atoms. The number of amides is 1. The zero-order chi connectivity index (χ0) is 21.0. The molecule has 0 aliphatic carbocycles. The minimum atomic E-state index is -3.92. The number of nitrogens with zero attached hydrogens (tertiary/aromatic N) is 3. The largest absolute Gasteiger partial charge is 0.345 e. The highest BCUT2D eigenvalue weighted by Gasteiger charge is 2.33. The molecular weight excluding hydrogens is 400 g/mol. The molecule has 0 atom stereocenters. The summed E-state index contributed by atoms with van der Waals surface area (Å²) in [5.74, 6) is -2.58. The van der Waals surface area contributed by atoms with Crippen LogP contribution in [-0.4, -0.2) is 55.2 Å². The molecule has 1 aromatic carbocycles. The van der Waals surface area contributed by atoms with Gasteiger partial charge in [-0.15, -0.1) is 0 Å². The van der Waals surface area contributed by atoms with Crippen LogP contribution in [0.2, 0.25) is 0 Å². The van der Waals surface area contributed by atoms with Gasteiger partial charge in [-0.1, -0.05) is 6.07 Å². The molecule has 0 saturated carbocycles. The molecule has 1 aliphatic heterocycles. The van der Waals surface area contributed by atoms with E-state index in [0.717, 1.165) is 17.8 Å². The molecule has 1 amide bonds. The van der Waals surface area contributed by atoms with Crippen molar-refractivity contribution in [1.29, 1.82) is 0 Å². The number of benzene rings is 1. The number of carbonyl (C=O) groups is 1. The average molecular weight is 423 g/mol. The van der Waals surface area contributed by atoms with Crippen molar-refractivity contribution in [1.82, 2.24) is 14.2 Å². The van der Waals surface area contributed by atoms with Gasteiger partial charge in [-0.2, -0.15) is 4.31 Å². The third-order valence-corrected chi connectivity index (χ3v) is 7.03. The lowest BCUT2D eigenvalue weighted by Gasteiger charge is -2.32. The molecule has 0 N–H and O–H groups in total. The van der Waals surface area contributed by atoms with Crippen LogP contribution in [0, 0.1) is 17.6 Å². The van der Waals surface area contributed by atoms with Crippen LogP contribution in [0.15, 0.2) is 47.5 Å². The second-order valence-electron chi connectivity index (χ2n) is 7.09. The second kappa shape index (κ2) is 8.96. The first-order valence-corrected chi connectivity index (χ1v) is 10.8. The molecule has 3 rings (SSSR count). The van der Waals surface area contributed by atoms with Crippen LogP contribution in [0.25, 0.3) is 0 Å². The zero-order valence-corrected chi connectivity index (χ0v) is 16.9. The van der Waals surface area contributed by atoms with E-state index < -0.39 is 21.7 Å². The van der Waals surface area contributed by atoms with Gasteiger partial charge < -0.3 is 4.90 Å². The van der Waals surface area contributed by atoms with Gasteiger partial charge in [-0.25, -0.2) is 17.2 Å². The van der Waals surface area contributed by atoms with E-state index in [0.29, 0.717) is 31.9 Å².